The van der Waals surface area contributed by atoms with Gasteiger partial charge in [0.15, 0.2) is 0 Å². The summed E-state index contributed by atoms with van der Waals surface area (Å²) in [7, 11) is 0. The first-order valence-electron chi connectivity index (χ1n) is 5.18. The maximum absolute atomic E-state index is 9.37. The maximum Gasteiger partial charge on any atom is 0.145 e. The zero-order valence-electron chi connectivity index (χ0n) is 9.05. The number of aliphatic hydroxyl groups is 1. The SMILES string of the molecule is OCC(Nc1cnccn1)c1ccc(Cl)cc1. The summed E-state index contributed by atoms with van der Waals surface area (Å²) in [6.07, 6.45) is 4.80. The van der Waals surface area contributed by atoms with E-state index in [2.05, 4.69) is 15.3 Å². The van der Waals surface area contributed by atoms with Crippen LogP contribution >= 0.6 is 11.6 Å². The van der Waals surface area contributed by atoms with E-state index in [-0.39, 0.29) is 12.6 Å². The van der Waals surface area contributed by atoms with Crippen molar-refractivity contribution in [2.24, 2.45) is 0 Å². The van der Waals surface area contributed by atoms with Crippen molar-refractivity contribution in [2.75, 3.05) is 11.9 Å². The smallest absolute Gasteiger partial charge is 0.145 e. The van der Waals surface area contributed by atoms with Crippen LogP contribution in [-0.4, -0.2) is 21.7 Å². The van der Waals surface area contributed by atoms with Gasteiger partial charge in [0.25, 0.3) is 0 Å². The first kappa shape index (κ1) is 11.8. The monoisotopic (exact) mass is 249 g/mol. The number of halogens is 1. The molecule has 0 radical (unpaired) electrons. The number of aliphatic hydroxyl groups excluding tert-OH is 1. The Bertz CT molecular complexity index is 461. The van der Waals surface area contributed by atoms with E-state index < -0.39 is 0 Å². The second-order valence-electron chi connectivity index (χ2n) is 3.52. The van der Waals surface area contributed by atoms with Crippen LogP contribution in [0.15, 0.2) is 42.9 Å². The van der Waals surface area contributed by atoms with Crippen LogP contribution in [0.25, 0.3) is 0 Å². The summed E-state index contributed by atoms with van der Waals surface area (Å²) in [6, 6.07) is 7.10. The molecule has 0 spiro atoms. The molecule has 1 atom stereocenters. The fourth-order valence-corrected chi connectivity index (χ4v) is 1.61. The van der Waals surface area contributed by atoms with Gasteiger partial charge in [-0.05, 0) is 17.7 Å². The van der Waals surface area contributed by atoms with Crippen LogP contribution in [0, 0.1) is 0 Å². The minimum absolute atomic E-state index is 0.0296. The summed E-state index contributed by atoms with van der Waals surface area (Å²) in [4.78, 5) is 8.05. The molecule has 0 fully saturated rings. The molecule has 0 aliphatic rings. The molecule has 88 valence electrons. The molecule has 1 heterocycles. The second kappa shape index (κ2) is 5.61. The van der Waals surface area contributed by atoms with E-state index in [9.17, 15) is 5.11 Å². The fraction of sp³-hybridized carbons (Fsp3) is 0.167. The molecule has 2 N–H and O–H groups in total. The van der Waals surface area contributed by atoms with Gasteiger partial charge in [0.1, 0.15) is 5.82 Å². The van der Waals surface area contributed by atoms with Crippen LogP contribution in [0.4, 0.5) is 5.82 Å². The Labute approximate surface area is 104 Å². The Balaban J connectivity index is 2.14. The lowest BCUT2D eigenvalue weighted by Gasteiger charge is -2.16. The van der Waals surface area contributed by atoms with Gasteiger partial charge in [0.2, 0.25) is 0 Å². The van der Waals surface area contributed by atoms with Gasteiger partial charge in [0, 0.05) is 17.4 Å². The molecule has 1 aromatic heterocycles. The van der Waals surface area contributed by atoms with Crippen LogP contribution in [0.3, 0.4) is 0 Å². The van der Waals surface area contributed by atoms with Gasteiger partial charge in [-0.2, -0.15) is 0 Å². The topological polar surface area (TPSA) is 58.0 Å². The Kier molecular flexibility index (Phi) is 3.90. The van der Waals surface area contributed by atoms with Gasteiger partial charge < -0.3 is 10.4 Å². The Morgan fingerprint density at radius 3 is 2.59 bits per heavy atom. The van der Waals surface area contributed by atoms with E-state index in [1.54, 1.807) is 30.7 Å². The van der Waals surface area contributed by atoms with Gasteiger partial charge >= 0.3 is 0 Å². The molecule has 1 unspecified atom stereocenters. The van der Waals surface area contributed by atoms with Gasteiger partial charge in [-0.25, -0.2) is 4.98 Å². The van der Waals surface area contributed by atoms with Crippen molar-refractivity contribution in [1.82, 2.24) is 9.97 Å². The van der Waals surface area contributed by atoms with E-state index in [0.717, 1.165) is 5.56 Å². The zero-order valence-corrected chi connectivity index (χ0v) is 9.80. The highest BCUT2D eigenvalue weighted by Crippen LogP contribution is 2.19. The van der Waals surface area contributed by atoms with Gasteiger partial charge in [0.05, 0.1) is 18.8 Å². The quantitative estimate of drug-likeness (QED) is 0.873. The van der Waals surface area contributed by atoms with Crippen molar-refractivity contribution in [3.8, 4) is 0 Å². The second-order valence-corrected chi connectivity index (χ2v) is 3.96. The Morgan fingerprint density at radius 2 is 2.00 bits per heavy atom. The average molecular weight is 250 g/mol. The predicted octanol–water partition coefficient (Wildman–Crippen LogP) is 2.28. The summed E-state index contributed by atoms with van der Waals surface area (Å²) in [5, 5.41) is 13.1. The third-order valence-electron chi connectivity index (χ3n) is 2.34. The molecule has 0 aliphatic carbocycles. The summed E-state index contributed by atoms with van der Waals surface area (Å²) in [5.74, 6) is 0.626. The number of nitrogens with one attached hydrogen (secondary N) is 1. The normalized spacial score (nSPS) is 12.1. The number of hydrogen-bond acceptors (Lipinski definition) is 4. The third-order valence-corrected chi connectivity index (χ3v) is 2.59. The summed E-state index contributed by atoms with van der Waals surface area (Å²) < 4.78 is 0. The van der Waals surface area contributed by atoms with Gasteiger partial charge in [-0.15, -0.1) is 0 Å². The number of aromatic nitrogens is 2. The molecule has 4 nitrogen and oxygen atoms in total. The molecule has 5 heteroatoms. The van der Waals surface area contributed by atoms with Crippen LogP contribution in [-0.2, 0) is 0 Å². The zero-order chi connectivity index (χ0) is 12.1. The average Bonchev–Trinajstić information content (AvgIpc) is 2.38. The summed E-state index contributed by atoms with van der Waals surface area (Å²) in [6.45, 7) is -0.0296. The van der Waals surface area contributed by atoms with Crippen molar-refractivity contribution >= 4 is 17.4 Å². The lowest BCUT2D eigenvalue weighted by atomic mass is 10.1. The van der Waals surface area contributed by atoms with Crippen molar-refractivity contribution in [1.29, 1.82) is 0 Å². The van der Waals surface area contributed by atoms with E-state index in [1.807, 2.05) is 12.1 Å². The Hall–Kier alpha value is -1.65. The van der Waals surface area contributed by atoms with E-state index in [0.29, 0.717) is 10.8 Å². The van der Waals surface area contributed by atoms with E-state index in [4.69, 9.17) is 11.6 Å². The molecule has 0 amide bonds. The number of hydrogen-bond donors (Lipinski definition) is 2. The highest BCUT2D eigenvalue weighted by Gasteiger charge is 2.10. The maximum atomic E-state index is 9.37. The van der Waals surface area contributed by atoms with Crippen LogP contribution < -0.4 is 5.32 Å². The van der Waals surface area contributed by atoms with E-state index in [1.165, 1.54) is 0 Å². The highest BCUT2D eigenvalue weighted by molar-refractivity contribution is 6.30. The van der Waals surface area contributed by atoms with Crippen molar-refractivity contribution in [2.45, 2.75) is 6.04 Å². The van der Waals surface area contributed by atoms with Gasteiger partial charge in [-0.1, -0.05) is 23.7 Å². The molecule has 2 aromatic rings. The molecule has 17 heavy (non-hydrogen) atoms. The first-order chi connectivity index (χ1) is 8.29. The number of nitrogens with zero attached hydrogens (tertiary/aromatic N) is 2. The molecule has 0 aliphatic heterocycles. The number of benzene rings is 1. The van der Waals surface area contributed by atoms with Gasteiger partial charge in [-0.3, -0.25) is 4.98 Å². The van der Waals surface area contributed by atoms with Crippen LogP contribution in [0.2, 0.25) is 5.02 Å². The minimum atomic E-state index is -0.219. The van der Waals surface area contributed by atoms with Crippen molar-refractivity contribution in [3.63, 3.8) is 0 Å². The molecule has 1 aromatic carbocycles. The third kappa shape index (κ3) is 3.15. The molecule has 0 bridgehead atoms. The van der Waals surface area contributed by atoms with Crippen LogP contribution in [0.1, 0.15) is 11.6 Å². The molecular formula is C12H12ClN3O. The number of rotatable bonds is 4. The molecule has 0 saturated carbocycles. The first-order valence-corrected chi connectivity index (χ1v) is 5.56. The van der Waals surface area contributed by atoms with Crippen molar-refractivity contribution in [3.05, 3.63) is 53.4 Å². The highest BCUT2D eigenvalue weighted by atomic mass is 35.5. The standard InChI is InChI=1S/C12H12ClN3O/c13-10-3-1-9(2-4-10)11(8-17)16-12-7-14-5-6-15-12/h1-7,11,17H,8H2,(H,15,16). The summed E-state index contributed by atoms with van der Waals surface area (Å²) in [5.41, 5.74) is 0.947. The Morgan fingerprint density at radius 1 is 1.24 bits per heavy atom. The summed E-state index contributed by atoms with van der Waals surface area (Å²) >= 11 is 5.81. The molecule has 0 saturated heterocycles. The lowest BCUT2D eigenvalue weighted by molar-refractivity contribution is 0.276. The minimum Gasteiger partial charge on any atom is -0.394 e. The molecule has 2 rings (SSSR count). The largest absolute Gasteiger partial charge is 0.394 e. The molecular weight excluding hydrogens is 238 g/mol. The van der Waals surface area contributed by atoms with Crippen molar-refractivity contribution < 1.29 is 5.11 Å². The van der Waals surface area contributed by atoms with E-state index >= 15 is 0 Å². The lowest BCUT2D eigenvalue weighted by Crippen LogP contribution is -2.15. The fourth-order valence-electron chi connectivity index (χ4n) is 1.48. The number of anilines is 1. The van der Waals surface area contributed by atoms with Crippen LogP contribution in [0.5, 0.6) is 0 Å². The predicted molar refractivity (Wildman–Crippen MR) is 66.9 cm³/mol.